The van der Waals surface area contributed by atoms with Gasteiger partial charge in [0.1, 0.15) is 5.75 Å². The zero-order valence-electron chi connectivity index (χ0n) is 15.7. The van der Waals surface area contributed by atoms with E-state index < -0.39 is 18.5 Å². The van der Waals surface area contributed by atoms with Gasteiger partial charge in [0.15, 0.2) is 12.4 Å². The molecule has 2 aromatic rings. The highest BCUT2D eigenvalue weighted by Gasteiger charge is 2.15. The quantitative estimate of drug-likeness (QED) is 0.519. The van der Waals surface area contributed by atoms with Crippen LogP contribution in [0.2, 0.25) is 0 Å². The predicted molar refractivity (Wildman–Crippen MR) is 105 cm³/mol. The molecule has 6 nitrogen and oxygen atoms in total. The molecule has 0 unspecified atom stereocenters. The maximum absolute atomic E-state index is 12.2. The second-order valence-electron chi connectivity index (χ2n) is 5.89. The lowest BCUT2D eigenvalue weighted by molar-refractivity contribution is -0.147. The van der Waals surface area contributed by atoms with Crippen LogP contribution in [-0.4, -0.2) is 30.9 Å². The fraction of sp³-hybridized carbons (Fsp3) is 0.350. The Labute approximate surface area is 162 Å². The number of rotatable bonds is 9. The molecule has 1 amide bonds. The number of para-hydroxylation sites is 2. The van der Waals surface area contributed by atoms with E-state index in [0.717, 1.165) is 9.75 Å². The summed E-state index contributed by atoms with van der Waals surface area (Å²) in [6, 6.07) is 8.84. The molecule has 1 aromatic heterocycles. The Morgan fingerprint density at radius 1 is 1.11 bits per heavy atom. The van der Waals surface area contributed by atoms with Crippen molar-refractivity contribution in [1.29, 1.82) is 0 Å². The van der Waals surface area contributed by atoms with Crippen LogP contribution >= 0.6 is 11.3 Å². The first-order valence-electron chi connectivity index (χ1n) is 8.68. The third-order valence-corrected chi connectivity index (χ3v) is 4.69. The first kappa shape index (κ1) is 20.6. The standard InChI is InChI=1S/C20H23NO5S/c1-4-25-18-8-6-5-7-16(18)21-19(23)12-26-20(24)10-9-17(22)15-11-13(2)27-14(15)3/h5-8,11H,4,9-10,12H2,1-3H3,(H,21,23). The van der Waals surface area contributed by atoms with Crippen LogP contribution in [0.4, 0.5) is 5.69 Å². The maximum Gasteiger partial charge on any atom is 0.306 e. The second kappa shape index (κ2) is 9.87. The average molecular weight is 389 g/mol. The van der Waals surface area contributed by atoms with Crippen LogP contribution in [0.1, 0.15) is 39.9 Å². The Balaban J connectivity index is 1.77. The van der Waals surface area contributed by atoms with Crippen LogP contribution in [0.15, 0.2) is 30.3 Å². The Morgan fingerprint density at radius 2 is 1.85 bits per heavy atom. The van der Waals surface area contributed by atoms with Crippen LogP contribution in [0, 0.1) is 13.8 Å². The third kappa shape index (κ3) is 6.21. The summed E-state index contributed by atoms with van der Waals surface area (Å²) >= 11 is 1.55. The first-order valence-corrected chi connectivity index (χ1v) is 9.50. The molecule has 0 saturated heterocycles. The minimum Gasteiger partial charge on any atom is -0.492 e. The van der Waals surface area contributed by atoms with Crippen LogP contribution in [0.25, 0.3) is 0 Å². The monoisotopic (exact) mass is 389 g/mol. The van der Waals surface area contributed by atoms with Crippen LogP contribution < -0.4 is 10.1 Å². The molecule has 0 spiro atoms. The summed E-state index contributed by atoms with van der Waals surface area (Å²) in [6.07, 6.45) is 0.000615. The van der Waals surface area contributed by atoms with Gasteiger partial charge in [-0.05, 0) is 39.0 Å². The third-order valence-electron chi connectivity index (χ3n) is 3.72. The zero-order chi connectivity index (χ0) is 19.8. The van der Waals surface area contributed by atoms with E-state index in [1.807, 2.05) is 26.8 Å². The van der Waals surface area contributed by atoms with Crippen LogP contribution in [0.5, 0.6) is 5.75 Å². The van der Waals surface area contributed by atoms with E-state index in [1.165, 1.54) is 0 Å². The number of ether oxygens (including phenoxy) is 2. The molecule has 27 heavy (non-hydrogen) atoms. The van der Waals surface area contributed by atoms with Crippen molar-refractivity contribution in [3.63, 3.8) is 0 Å². The average Bonchev–Trinajstić information content (AvgIpc) is 2.98. The van der Waals surface area contributed by atoms with Crippen molar-refractivity contribution in [2.45, 2.75) is 33.6 Å². The van der Waals surface area contributed by atoms with Gasteiger partial charge in [0, 0.05) is 21.7 Å². The Hall–Kier alpha value is -2.67. The number of anilines is 1. The molecule has 0 radical (unpaired) electrons. The molecule has 7 heteroatoms. The molecule has 0 saturated carbocycles. The molecule has 2 rings (SSSR count). The van der Waals surface area contributed by atoms with Gasteiger partial charge in [-0.2, -0.15) is 0 Å². The van der Waals surface area contributed by atoms with Crippen LogP contribution in [-0.2, 0) is 14.3 Å². The molecule has 1 N–H and O–H groups in total. The van der Waals surface area contributed by atoms with Gasteiger partial charge in [0.25, 0.3) is 5.91 Å². The van der Waals surface area contributed by atoms with Gasteiger partial charge >= 0.3 is 5.97 Å². The molecule has 0 atom stereocenters. The number of hydrogen-bond acceptors (Lipinski definition) is 6. The number of benzene rings is 1. The molecule has 0 bridgehead atoms. The molecule has 1 heterocycles. The molecular formula is C20H23NO5S. The minimum atomic E-state index is -0.582. The normalized spacial score (nSPS) is 10.3. The van der Waals surface area contributed by atoms with Crippen molar-refractivity contribution < 1.29 is 23.9 Å². The molecule has 0 aliphatic heterocycles. The smallest absolute Gasteiger partial charge is 0.306 e. The van der Waals surface area contributed by atoms with E-state index in [4.69, 9.17) is 9.47 Å². The van der Waals surface area contributed by atoms with Gasteiger partial charge in [-0.15, -0.1) is 11.3 Å². The summed E-state index contributed by atoms with van der Waals surface area (Å²) in [5, 5.41) is 2.64. The summed E-state index contributed by atoms with van der Waals surface area (Å²) in [6.45, 7) is 5.72. The maximum atomic E-state index is 12.2. The summed E-state index contributed by atoms with van der Waals surface area (Å²) in [7, 11) is 0. The summed E-state index contributed by atoms with van der Waals surface area (Å²) in [4.78, 5) is 38.0. The number of Topliss-reactive ketones (excluding diaryl/α,β-unsaturated/α-hetero) is 1. The highest BCUT2D eigenvalue weighted by atomic mass is 32.1. The molecule has 0 aliphatic carbocycles. The number of nitrogens with one attached hydrogen (secondary N) is 1. The Kier molecular flexibility index (Phi) is 7.55. The number of carbonyl (C=O) groups is 3. The van der Waals surface area contributed by atoms with E-state index >= 15 is 0 Å². The van der Waals surface area contributed by atoms with Gasteiger partial charge in [-0.3, -0.25) is 14.4 Å². The molecule has 1 aromatic carbocycles. The topological polar surface area (TPSA) is 81.7 Å². The molecule has 144 valence electrons. The van der Waals surface area contributed by atoms with E-state index in [1.54, 1.807) is 35.6 Å². The number of aryl methyl sites for hydroxylation is 2. The molecule has 0 fully saturated rings. The first-order chi connectivity index (χ1) is 12.9. The summed E-state index contributed by atoms with van der Waals surface area (Å²) in [5.74, 6) is -0.595. The van der Waals surface area contributed by atoms with Crippen molar-refractivity contribution in [2.75, 3.05) is 18.5 Å². The van der Waals surface area contributed by atoms with Gasteiger partial charge in [0.05, 0.1) is 18.7 Å². The number of esters is 1. The lowest BCUT2D eigenvalue weighted by Crippen LogP contribution is -2.21. The molecular weight excluding hydrogens is 366 g/mol. The summed E-state index contributed by atoms with van der Waals surface area (Å²) < 4.78 is 10.4. The van der Waals surface area contributed by atoms with Crippen molar-refractivity contribution in [3.05, 3.63) is 45.6 Å². The van der Waals surface area contributed by atoms with E-state index in [2.05, 4.69) is 5.32 Å². The molecule has 0 aliphatic rings. The predicted octanol–water partition coefficient (Wildman–Crippen LogP) is 3.91. The zero-order valence-corrected chi connectivity index (χ0v) is 16.5. The Morgan fingerprint density at radius 3 is 2.52 bits per heavy atom. The van der Waals surface area contributed by atoms with Gasteiger partial charge in [-0.25, -0.2) is 0 Å². The van der Waals surface area contributed by atoms with Gasteiger partial charge < -0.3 is 14.8 Å². The fourth-order valence-corrected chi connectivity index (χ4v) is 3.46. The summed E-state index contributed by atoms with van der Waals surface area (Å²) in [5.41, 5.74) is 1.16. The fourth-order valence-electron chi connectivity index (χ4n) is 2.51. The van der Waals surface area contributed by atoms with Crippen molar-refractivity contribution in [1.82, 2.24) is 0 Å². The van der Waals surface area contributed by atoms with E-state index in [0.29, 0.717) is 23.6 Å². The van der Waals surface area contributed by atoms with Crippen molar-refractivity contribution in [2.24, 2.45) is 0 Å². The highest BCUT2D eigenvalue weighted by molar-refractivity contribution is 7.12. The number of amides is 1. The largest absolute Gasteiger partial charge is 0.492 e. The van der Waals surface area contributed by atoms with Crippen molar-refractivity contribution >= 4 is 34.7 Å². The lowest BCUT2D eigenvalue weighted by atomic mass is 10.1. The van der Waals surface area contributed by atoms with Gasteiger partial charge in [-0.1, -0.05) is 12.1 Å². The van der Waals surface area contributed by atoms with Crippen molar-refractivity contribution in [3.8, 4) is 5.75 Å². The lowest BCUT2D eigenvalue weighted by Gasteiger charge is -2.11. The second-order valence-corrected chi connectivity index (χ2v) is 7.35. The number of hydrogen-bond donors (Lipinski definition) is 1. The van der Waals surface area contributed by atoms with Crippen LogP contribution in [0.3, 0.4) is 0 Å². The highest BCUT2D eigenvalue weighted by Crippen LogP contribution is 2.24. The van der Waals surface area contributed by atoms with E-state index in [-0.39, 0.29) is 18.6 Å². The van der Waals surface area contributed by atoms with Gasteiger partial charge in [0.2, 0.25) is 0 Å². The minimum absolute atomic E-state index is 0.0595. The Bertz CT molecular complexity index is 828. The van der Waals surface area contributed by atoms with E-state index in [9.17, 15) is 14.4 Å². The number of thiophene rings is 1. The SMILES string of the molecule is CCOc1ccccc1NC(=O)COC(=O)CCC(=O)c1cc(C)sc1C. The number of ketones is 1. The number of carbonyl (C=O) groups excluding carboxylic acids is 3.